The molecule has 4 heteroatoms. The molecule has 0 spiro atoms. The van der Waals surface area contributed by atoms with Crippen molar-refractivity contribution in [2.24, 2.45) is 0 Å². The van der Waals surface area contributed by atoms with E-state index in [9.17, 15) is 4.39 Å². The van der Waals surface area contributed by atoms with Crippen molar-refractivity contribution in [2.75, 3.05) is 31.2 Å². The highest BCUT2D eigenvalue weighted by Crippen LogP contribution is 2.22. The molecule has 1 saturated heterocycles. The maximum Gasteiger partial charge on any atom is 0.146 e. The van der Waals surface area contributed by atoms with Crippen LogP contribution in [0.5, 0.6) is 0 Å². The SMILES string of the molecule is Fc1cc(CI)ccc1N1CCOCC1. The van der Waals surface area contributed by atoms with Crippen LogP contribution in [-0.4, -0.2) is 26.3 Å². The summed E-state index contributed by atoms with van der Waals surface area (Å²) < 4.78 is 19.8. The van der Waals surface area contributed by atoms with Crippen LogP contribution < -0.4 is 4.90 Å². The van der Waals surface area contributed by atoms with E-state index in [1.807, 2.05) is 17.0 Å². The number of benzene rings is 1. The number of halogens is 2. The largest absolute Gasteiger partial charge is 0.378 e. The average molecular weight is 321 g/mol. The molecule has 0 aliphatic carbocycles. The van der Waals surface area contributed by atoms with E-state index in [0.717, 1.165) is 23.1 Å². The molecule has 82 valence electrons. The Morgan fingerprint density at radius 3 is 2.67 bits per heavy atom. The lowest BCUT2D eigenvalue weighted by Gasteiger charge is -2.29. The Kier molecular flexibility index (Phi) is 3.80. The maximum atomic E-state index is 13.7. The first-order valence-corrected chi connectivity index (χ1v) is 6.51. The molecule has 0 amide bonds. The van der Waals surface area contributed by atoms with E-state index in [-0.39, 0.29) is 5.82 Å². The molecule has 0 saturated carbocycles. The first-order chi connectivity index (χ1) is 7.31. The van der Waals surface area contributed by atoms with Crippen molar-refractivity contribution in [3.8, 4) is 0 Å². The van der Waals surface area contributed by atoms with Gasteiger partial charge in [-0.1, -0.05) is 28.7 Å². The van der Waals surface area contributed by atoms with Crippen LogP contribution >= 0.6 is 22.6 Å². The van der Waals surface area contributed by atoms with Crippen LogP contribution in [0, 0.1) is 5.82 Å². The van der Waals surface area contributed by atoms with Gasteiger partial charge in [-0.3, -0.25) is 0 Å². The number of rotatable bonds is 2. The standard InChI is InChI=1S/C11H13FINO/c12-10-7-9(8-13)1-2-11(10)14-3-5-15-6-4-14/h1-2,7H,3-6,8H2. The predicted octanol–water partition coefficient (Wildman–Crippen LogP) is 2.60. The van der Waals surface area contributed by atoms with Crippen LogP contribution in [0.2, 0.25) is 0 Å². The molecule has 1 aromatic carbocycles. The van der Waals surface area contributed by atoms with Gasteiger partial charge in [0.1, 0.15) is 5.82 Å². The van der Waals surface area contributed by atoms with Crippen LogP contribution in [0.3, 0.4) is 0 Å². The van der Waals surface area contributed by atoms with Crippen LogP contribution in [0.15, 0.2) is 18.2 Å². The first kappa shape index (κ1) is 11.1. The van der Waals surface area contributed by atoms with Gasteiger partial charge in [-0.05, 0) is 17.7 Å². The van der Waals surface area contributed by atoms with Crippen LogP contribution in [0.1, 0.15) is 5.56 Å². The van der Waals surface area contributed by atoms with Crippen LogP contribution in [-0.2, 0) is 9.16 Å². The van der Waals surface area contributed by atoms with Gasteiger partial charge in [0.25, 0.3) is 0 Å². The molecule has 0 unspecified atom stereocenters. The molecule has 0 radical (unpaired) electrons. The molecule has 1 aliphatic rings. The Hall–Kier alpha value is -0.360. The van der Waals surface area contributed by atoms with Crippen LogP contribution in [0.4, 0.5) is 10.1 Å². The number of alkyl halides is 1. The van der Waals surface area contributed by atoms with E-state index < -0.39 is 0 Å². The first-order valence-electron chi connectivity index (χ1n) is 4.98. The molecule has 0 aromatic heterocycles. The van der Waals surface area contributed by atoms with E-state index in [0.29, 0.717) is 18.9 Å². The van der Waals surface area contributed by atoms with E-state index in [1.165, 1.54) is 0 Å². The molecule has 2 rings (SSSR count). The normalized spacial score (nSPS) is 16.8. The quantitative estimate of drug-likeness (QED) is 0.613. The summed E-state index contributed by atoms with van der Waals surface area (Å²) in [5.41, 5.74) is 1.73. The third-order valence-electron chi connectivity index (χ3n) is 2.52. The highest BCUT2D eigenvalue weighted by atomic mass is 127. The average Bonchev–Trinajstić information content (AvgIpc) is 2.30. The van der Waals surface area contributed by atoms with Crippen LogP contribution in [0.25, 0.3) is 0 Å². The molecule has 1 fully saturated rings. The minimum atomic E-state index is -0.119. The highest BCUT2D eigenvalue weighted by molar-refractivity contribution is 14.1. The minimum absolute atomic E-state index is 0.119. The maximum absolute atomic E-state index is 13.7. The van der Waals surface area contributed by atoms with Crippen molar-refractivity contribution >= 4 is 28.3 Å². The molecule has 1 aliphatic heterocycles. The lowest BCUT2D eigenvalue weighted by Crippen LogP contribution is -2.36. The second-order valence-electron chi connectivity index (χ2n) is 3.52. The summed E-state index contributed by atoms with van der Waals surface area (Å²) in [6, 6.07) is 5.48. The van der Waals surface area contributed by atoms with Gasteiger partial charge >= 0.3 is 0 Å². The lowest BCUT2D eigenvalue weighted by atomic mass is 10.2. The monoisotopic (exact) mass is 321 g/mol. The van der Waals surface area contributed by atoms with Gasteiger partial charge in [0.15, 0.2) is 0 Å². The van der Waals surface area contributed by atoms with Gasteiger partial charge in [-0.15, -0.1) is 0 Å². The number of nitrogens with zero attached hydrogens (tertiary/aromatic N) is 1. The Labute approximate surface area is 103 Å². The van der Waals surface area contributed by atoms with Gasteiger partial charge < -0.3 is 9.64 Å². The molecule has 0 atom stereocenters. The summed E-state index contributed by atoms with van der Waals surface area (Å²) in [6.45, 7) is 2.93. The smallest absolute Gasteiger partial charge is 0.146 e. The van der Waals surface area contributed by atoms with Gasteiger partial charge in [0, 0.05) is 17.5 Å². The highest BCUT2D eigenvalue weighted by Gasteiger charge is 2.14. The minimum Gasteiger partial charge on any atom is -0.378 e. The lowest BCUT2D eigenvalue weighted by molar-refractivity contribution is 0.122. The third kappa shape index (κ3) is 2.60. The second kappa shape index (κ2) is 5.12. The molecule has 2 nitrogen and oxygen atoms in total. The summed E-state index contributed by atoms with van der Waals surface area (Å²) in [5, 5.41) is 0. The summed E-state index contributed by atoms with van der Waals surface area (Å²) >= 11 is 2.24. The van der Waals surface area contributed by atoms with E-state index in [2.05, 4.69) is 22.6 Å². The van der Waals surface area contributed by atoms with Gasteiger partial charge in [0.2, 0.25) is 0 Å². The number of hydrogen-bond donors (Lipinski definition) is 0. The number of morpholine rings is 1. The number of ether oxygens (including phenoxy) is 1. The fourth-order valence-corrected chi connectivity index (χ4v) is 2.17. The summed E-state index contributed by atoms with van der Waals surface area (Å²) in [7, 11) is 0. The van der Waals surface area contributed by atoms with E-state index >= 15 is 0 Å². The molecular formula is C11H13FINO. The molecule has 0 bridgehead atoms. The fraction of sp³-hybridized carbons (Fsp3) is 0.455. The van der Waals surface area contributed by atoms with Crippen molar-refractivity contribution in [3.05, 3.63) is 29.6 Å². The Balaban J connectivity index is 2.19. The van der Waals surface area contributed by atoms with E-state index in [4.69, 9.17) is 4.74 Å². The molecule has 0 N–H and O–H groups in total. The Morgan fingerprint density at radius 1 is 1.33 bits per heavy atom. The van der Waals surface area contributed by atoms with Crippen molar-refractivity contribution in [1.29, 1.82) is 0 Å². The predicted molar refractivity (Wildman–Crippen MR) is 67.2 cm³/mol. The van der Waals surface area contributed by atoms with E-state index in [1.54, 1.807) is 6.07 Å². The molecular weight excluding hydrogens is 308 g/mol. The van der Waals surface area contributed by atoms with Crippen molar-refractivity contribution in [3.63, 3.8) is 0 Å². The van der Waals surface area contributed by atoms with Crippen molar-refractivity contribution < 1.29 is 9.13 Å². The molecule has 1 aromatic rings. The third-order valence-corrected chi connectivity index (χ3v) is 3.40. The van der Waals surface area contributed by atoms with Crippen molar-refractivity contribution in [2.45, 2.75) is 4.43 Å². The zero-order valence-corrected chi connectivity index (χ0v) is 10.5. The Bertz CT molecular complexity index is 339. The summed E-state index contributed by atoms with van der Waals surface area (Å²) in [4.78, 5) is 2.04. The van der Waals surface area contributed by atoms with Gasteiger partial charge in [0.05, 0.1) is 18.9 Å². The zero-order valence-electron chi connectivity index (χ0n) is 8.38. The zero-order chi connectivity index (χ0) is 10.7. The van der Waals surface area contributed by atoms with Gasteiger partial charge in [-0.25, -0.2) is 4.39 Å². The number of hydrogen-bond acceptors (Lipinski definition) is 2. The molecule has 1 heterocycles. The molecule has 15 heavy (non-hydrogen) atoms. The number of anilines is 1. The van der Waals surface area contributed by atoms with Gasteiger partial charge in [-0.2, -0.15) is 0 Å². The Morgan fingerprint density at radius 2 is 2.07 bits per heavy atom. The topological polar surface area (TPSA) is 12.5 Å². The second-order valence-corrected chi connectivity index (χ2v) is 4.28. The summed E-state index contributed by atoms with van der Waals surface area (Å²) in [5.74, 6) is -0.119. The summed E-state index contributed by atoms with van der Waals surface area (Å²) in [6.07, 6.45) is 0. The van der Waals surface area contributed by atoms with Crippen molar-refractivity contribution in [1.82, 2.24) is 0 Å². The fourth-order valence-electron chi connectivity index (χ4n) is 1.69.